The minimum absolute atomic E-state index is 0.0213. The van der Waals surface area contributed by atoms with Gasteiger partial charge in [0.15, 0.2) is 0 Å². The fourth-order valence-corrected chi connectivity index (χ4v) is 5.00. The van der Waals surface area contributed by atoms with Gasteiger partial charge in [0.1, 0.15) is 11.6 Å². The Labute approximate surface area is 203 Å². The zero-order valence-electron chi connectivity index (χ0n) is 19.9. The number of nitrogens with zero attached hydrogens (tertiary/aromatic N) is 5. The van der Waals surface area contributed by atoms with Crippen molar-refractivity contribution in [3.05, 3.63) is 70.5 Å². The number of hydrogen-bond acceptors (Lipinski definition) is 6. The summed E-state index contributed by atoms with van der Waals surface area (Å²) >= 11 is 0. The molecule has 1 N–H and O–H groups in total. The zero-order chi connectivity index (χ0) is 24.6. The predicted octanol–water partition coefficient (Wildman–Crippen LogP) is 4.53. The van der Waals surface area contributed by atoms with Crippen molar-refractivity contribution in [3.8, 4) is 0 Å². The maximum atomic E-state index is 13.6. The van der Waals surface area contributed by atoms with E-state index >= 15 is 0 Å². The van der Waals surface area contributed by atoms with Crippen molar-refractivity contribution in [2.45, 2.75) is 44.3 Å². The molecule has 0 fully saturated rings. The number of rotatable bonds is 4. The molecule has 5 rings (SSSR count). The van der Waals surface area contributed by atoms with Crippen LogP contribution in [0.1, 0.15) is 34.4 Å². The number of halogens is 3. The Balaban J connectivity index is 1.43. The molecule has 0 saturated carbocycles. The normalized spacial score (nSPS) is 17.9. The lowest BCUT2D eigenvalue weighted by molar-refractivity contribution is -0.137. The lowest BCUT2D eigenvalue weighted by atomic mass is 9.88. The quantitative estimate of drug-likeness (QED) is 0.590. The van der Waals surface area contributed by atoms with Crippen LogP contribution in [0, 0.1) is 0 Å². The van der Waals surface area contributed by atoms with E-state index < -0.39 is 11.7 Å². The number of alkyl halides is 3. The molecule has 1 aromatic carbocycles. The third kappa shape index (κ3) is 4.90. The zero-order valence-corrected chi connectivity index (χ0v) is 19.9. The molecule has 3 heterocycles. The number of nitrogens with one attached hydrogen (secondary N) is 1. The Kier molecular flexibility index (Phi) is 6.25. The smallest absolute Gasteiger partial charge is 0.367 e. The van der Waals surface area contributed by atoms with E-state index in [1.807, 2.05) is 19.0 Å². The SMILES string of the molecule is CN(C)c1nc2c(c(NC3CCc4ccccc4C3)n1)CCN(c1ncccc1C(F)(F)F)CC2. The number of fused-ring (bicyclic) bond motifs is 2. The van der Waals surface area contributed by atoms with E-state index in [-0.39, 0.29) is 11.9 Å². The number of aromatic nitrogens is 3. The van der Waals surface area contributed by atoms with Gasteiger partial charge in [-0.25, -0.2) is 9.97 Å². The van der Waals surface area contributed by atoms with Crippen molar-refractivity contribution in [3.63, 3.8) is 0 Å². The predicted molar refractivity (Wildman–Crippen MR) is 131 cm³/mol. The summed E-state index contributed by atoms with van der Waals surface area (Å²) in [5.41, 5.74) is 3.92. The van der Waals surface area contributed by atoms with Crippen molar-refractivity contribution >= 4 is 17.6 Å². The second kappa shape index (κ2) is 9.36. The van der Waals surface area contributed by atoms with Crippen molar-refractivity contribution in [2.75, 3.05) is 42.3 Å². The lowest BCUT2D eigenvalue weighted by Gasteiger charge is -2.27. The molecule has 0 amide bonds. The van der Waals surface area contributed by atoms with Crippen LogP contribution >= 0.6 is 0 Å². The number of hydrogen-bond donors (Lipinski definition) is 1. The highest BCUT2D eigenvalue weighted by atomic mass is 19.4. The van der Waals surface area contributed by atoms with E-state index in [2.05, 4.69) is 34.6 Å². The van der Waals surface area contributed by atoms with Gasteiger partial charge in [0, 0.05) is 51.4 Å². The molecule has 3 aromatic rings. The van der Waals surface area contributed by atoms with Gasteiger partial charge in [0.05, 0.1) is 11.3 Å². The van der Waals surface area contributed by atoms with Gasteiger partial charge in [-0.05, 0) is 48.9 Å². The van der Waals surface area contributed by atoms with Crippen LogP contribution < -0.4 is 15.1 Å². The molecule has 0 saturated heterocycles. The van der Waals surface area contributed by atoms with Gasteiger partial charge >= 0.3 is 6.18 Å². The largest absolute Gasteiger partial charge is 0.419 e. The highest BCUT2D eigenvalue weighted by Gasteiger charge is 2.36. The average Bonchev–Trinajstić information content (AvgIpc) is 3.06. The minimum atomic E-state index is -4.45. The molecular weight excluding hydrogens is 453 g/mol. The topological polar surface area (TPSA) is 57.2 Å². The molecule has 1 aliphatic carbocycles. The summed E-state index contributed by atoms with van der Waals surface area (Å²) in [7, 11) is 3.80. The Hall–Kier alpha value is -3.36. The van der Waals surface area contributed by atoms with Crippen LogP contribution in [0.25, 0.3) is 0 Å². The second-order valence-electron chi connectivity index (χ2n) is 9.40. The Morgan fingerprint density at radius 1 is 0.971 bits per heavy atom. The van der Waals surface area contributed by atoms with Gasteiger partial charge in [-0.3, -0.25) is 0 Å². The first-order valence-electron chi connectivity index (χ1n) is 12.0. The number of anilines is 3. The summed E-state index contributed by atoms with van der Waals surface area (Å²) < 4.78 is 40.9. The van der Waals surface area contributed by atoms with E-state index in [1.54, 1.807) is 4.90 Å². The monoisotopic (exact) mass is 482 g/mol. The van der Waals surface area contributed by atoms with Gasteiger partial charge in [-0.1, -0.05) is 24.3 Å². The van der Waals surface area contributed by atoms with Gasteiger partial charge in [-0.2, -0.15) is 18.2 Å². The second-order valence-corrected chi connectivity index (χ2v) is 9.40. The minimum Gasteiger partial charge on any atom is -0.367 e. The van der Waals surface area contributed by atoms with Gasteiger partial charge in [0.2, 0.25) is 5.95 Å². The number of benzene rings is 1. The van der Waals surface area contributed by atoms with Crippen molar-refractivity contribution < 1.29 is 13.2 Å². The number of pyridine rings is 1. The first kappa shape index (κ1) is 23.4. The van der Waals surface area contributed by atoms with E-state index in [1.165, 1.54) is 23.4 Å². The average molecular weight is 483 g/mol. The molecule has 0 spiro atoms. The molecule has 1 atom stereocenters. The molecule has 35 heavy (non-hydrogen) atoms. The molecule has 184 valence electrons. The first-order valence-corrected chi connectivity index (χ1v) is 12.0. The summed E-state index contributed by atoms with van der Waals surface area (Å²) in [4.78, 5) is 17.3. The summed E-state index contributed by atoms with van der Waals surface area (Å²) in [6, 6.07) is 11.2. The van der Waals surface area contributed by atoms with Crippen molar-refractivity contribution in [1.29, 1.82) is 0 Å². The van der Waals surface area contributed by atoms with E-state index in [9.17, 15) is 13.2 Å². The summed E-state index contributed by atoms with van der Waals surface area (Å²) in [6.45, 7) is 0.827. The van der Waals surface area contributed by atoms with Crippen LogP contribution in [0.2, 0.25) is 0 Å². The van der Waals surface area contributed by atoms with E-state index in [4.69, 9.17) is 9.97 Å². The summed E-state index contributed by atoms with van der Waals surface area (Å²) in [5.74, 6) is 1.37. The molecule has 1 aliphatic heterocycles. The third-order valence-electron chi connectivity index (χ3n) is 6.81. The Morgan fingerprint density at radius 2 is 1.74 bits per heavy atom. The fraction of sp³-hybridized carbons (Fsp3) is 0.423. The van der Waals surface area contributed by atoms with E-state index in [0.29, 0.717) is 31.9 Å². The van der Waals surface area contributed by atoms with Crippen LogP contribution in [0.15, 0.2) is 42.6 Å². The molecule has 6 nitrogen and oxygen atoms in total. The van der Waals surface area contributed by atoms with Gasteiger partial charge < -0.3 is 15.1 Å². The standard InChI is InChI=1S/C26H29F3N6/c1-34(2)25-32-22-12-15-35(24-21(26(27,28)29)8-5-13-30-24)14-11-20(22)23(33-25)31-19-10-9-17-6-3-4-7-18(17)16-19/h3-8,13,19H,9-12,14-16H2,1-2H3,(H,31,32,33). The van der Waals surface area contributed by atoms with Gasteiger partial charge in [0.25, 0.3) is 0 Å². The van der Waals surface area contributed by atoms with Crippen molar-refractivity contribution in [2.24, 2.45) is 0 Å². The first-order chi connectivity index (χ1) is 16.8. The summed E-state index contributed by atoms with van der Waals surface area (Å²) in [5, 5.41) is 3.67. The van der Waals surface area contributed by atoms with Crippen LogP contribution in [0.5, 0.6) is 0 Å². The lowest BCUT2D eigenvalue weighted by Crippen LogP contribution is -2.30. The Bertz CT molecular complexity index is 1210. The molecule has 1 unspecified atom stereocenters. The highest BCUT2D eigenvalue weighted by molar-refractivity contribution is 5.55. The molecule has 9 heteroatoms. The maximum absolute atomic E-state index is 13.6. The fourth-order valence-electron chi connectivity index (χ4n) is 5.00. The Morgan fingerprint density at radius 3 is 2.51 bits per heavy atom. The summed E-state index contributed by atoms with van der Waals surface area (Å²) in [6.07, 6.45) is 0.959. The molecule has 2 aliphatic rings. The molecule has 2 aromatic heterocycles. The van der Waals surface area contributed by atoms with Crippen LogP contribution in [0.4, 0.5) is 30.8 Å². The van der Waals surface area contributed by atoms with E-state index in [0.717, 1.165) is 42.4 Å². The highest BCUT2D eigenvalue weighted by Crippen LogP contribution is 2.36. The van der Waals surface area contributed by atoms with Crippen molar-refractivity contribution in [1.82, 2.24) is 15.0 Å². The maximum Gasteiger partial charge on any atom is 0.419 e. The van der Waals surface area contributed by atoms with Crippen LogP contribution in [-0.4, -0.2) is 48.2 Å². The molecule has 0 bridgehead atoms. The number of aryl methyl sites for hydroxylation is 1. The van der Waals surface area contributed by atoms with Crippen LogP contribution in [0.3, 0.4) is 0 Å². The molecular formula is C26H29F3N6. The van der Waals surface area contributed by atoms with Crippen LogP contribution in [-0.2, 0) is 31.9 Å². The van der Waals surface area contributed by atoms with Gasteiger partial charge in [-0.15, -0.1) is 0 Å². The molecule has 0 radical (unpaired) electrons. The third-order valence-corrected chi connectivity index (χ3v) is 6.81.